The van der Waals surface area contributed by atoms with E-state index in [1.54, 1.807) is 0 Å². The van der Waals surface area contributed by atoms with Crippen LogP contribution < -0.4 is 0 Å². The lowest BCUT2D eigenvalue weighted by atomic mass is 9.99. The molecule has 1 fully saturated rings. The Morgan fingerprint density at radius 1 is 0.576 bits per heavy atom. The maximum absolute atomic E-state index is 12.9. The first kappa shape index (κ1) is 60.5. The van der Waals surface area contributed by atoms with E-state index in [2.05, 4.69) is 140 Å². The molecule has 0 spiro atoms. The van der Waals surface area contributed by atoms with Crippen molar-refractivity contribution in [2.24, 2.45) is 0 Å². The van der Waals surface area contributed by atoms with Crippen molar-refractivity contribution in [1.82, 2.24) is 0 Å². The molecule has 1 saturated heterocycles. The van der Waals surface area contributed by atoms with Gasteiger partial charge in [0, 0.05) is 13.0 Å². The maximum Gasteiger partial charge on any atom is 0.397 e. The number of hydrogen-bond acceptors (Lipinski definition) is 11. The lowest BCUT2D eigenvalue weighted by Crippen LogP contribution is -2.60. The summed E-state index contributed by atoms with van der Waals surface area (Å²) >= 11 is 0. The summed E-state index contributed by atoms with van der Waals surface area (Å²) in [6.45, 7) is 3.60. The molecular formula is C53H84O12S. The van der Waals surface area contributed by atoms with Crippen molar-refractivity contribution in [1.29, 1.82) is 0 Å². The van der Waals surface area contributed by atoms with Gasteiger partial charge in [0.2, 0.25) is 0 Å². The Hall–Kier alpha value is -3.50. The van der Waals surface area contributed by atoms with E-state index in [0.29, 0.717) is 13.0 Å². The molecule has 0 aliphatic carbocycles. The summed E-state index contributed by atoms with van der Waals surface area (Å²) in [5.74, 6) is -0.438. The summed E-state index contributed by atoms with van der Waals surface area (Å²) in [6.07, 6.45) is 52.4. The largest absolute Gasteiger partial charge is 0.457 e. The Balaban J connectivity index is 2.44. The molecule has 0 bridgehead atoms. The molecule has 1 heterocycles. The highest BCUT2D eigenvalue weighted by Crippen LogP contribution is 2.26. The molecule has 1 aliphatic heterocycles. The monoisotopic (exact) mass is 945 g/mol. The summed E-state index contributed by atoms with van der Waals surface area (Å²) in [4.78, 5) is 12.9. The van der Waals surface area contributed by atoms with E-state index < -0.39 is 59.8 Å². The average molecular weight is 945 g/mol. The van der Waals surface area contributed by atoms with Crippen LogP contribution in [0.15, 0.2) is 122 Å². The van der Waals surface area contributed by atoms with E-state index in [0.717, 1.165) is 116 Å². The third-order valence-corrected chi connectivity index (χ3v) is 10.5. The smallest absolute Gasteiger partial charge is 0.397 e. The van der Waals surface area contributed by atoms with Gasteiger partial charge in [-0.25, -0.2) is 4.18 Å². The Morgan fingerprint density at radius 2 is 1.00 bits per heavy atom. The third-order valence-electron chi connectivity index (χ3n) is 10.1. The number of carbonyl (C=O) groups excluding carboxylic acids is 1. The van der Waals surface area contributed by atoms with Crippen LogP contribution in [0.1, 0.15) is 142 Å². The lowest BCUT2D eigenvalue weighted by Gasteiger charge is -2.41. The van der Waals surface area contributed by atoms with Gasteiger partial charge in [0.1, 0.15) is 30.5 Å². The Morgan fingerprint density at radius 3 is 1.45 bits per heavy atom. The van der Waals surface area contributed by atoms with E-state index in [1.807, 2.05) is 0 Å². The molecule has 0 aromatic heterocycles. The highest BCUT2D eigenvalue weighted by atomic mass is 32.3. The fraction of sp³-hybridized carbons (Fsp3) is 0.604. The van der Waals surface area contributed by atoms with Crippen molar-refractivity contribution in [2.75, 3.05) is 26.4 Å². The fourth-order valence-corrected chi connectivity index (χ4v) is 7.00. The molecule has 13 heteroatoms. The highest BCUT2D eigenvalue weighted by Gasteiger charge is 2.48. The standard InChI is InChI=1S/C53H84O12S/c1-3-5-7-9-11-13-15-17-19-20-21-22-23-24-25-26-27-29-31-33-35-37-39-41-43-61-45-47(46-62-53-51(57)52(65-66(58,59)60)50(56)48(44-54)64-53)63-49(55)42-40-38-36-34-32-30-28-18-16-14-12-10-8-6-4-2/h5-8,11-14,17-19,21-22,24-25,27-29,33,35,47-48,50-54,56-57H,3-4,9-10,15-16,20,23,26,30-32,34,36-46H2,1-2H3,(H,58,59,60)/b7-5-,8-6-,13-11-,14-12-,19-17-,22-21-,25-24-,28-18-,29-27-,35-33-. The summed E-state index contributed by atoms with van der Waals surface area (Å²) in [6, 6.07) is 0. The molecule has 0 aromatic rings. The second kappa shape index (κ2) is 42.8. The molecule has 1 rings (SSSR count). The fourth-order valence-electron chi connectivity index (χ4n) is 6.49. The van der Waals surface area contributed by atoms with Crippen molar-refractivity contribution < 1.29 is 56.2 Å². The molecule has 66 heavy (non-hydrogen) atoms. The number of aliphatic hydroxyl groups is 3. The van der Waals surface area contributed by atoms with Crippen LogP contribution >= 0.6 is 0 Å². The predicted molar refractivity (Wildman–Crippen MR) is 266 cm³/mol. The first-order valence-corrected chi connectivity index (χ1v) is 25.7. The van der Waals surface area contributed by atoms with Gasteiger partial charge < -0.3 is 34.3 Å². The van der Waals surface area contributed by atoms with E-state index in [9.17, 15) is 33.1 Å². The molecule has 374 valence electrons. The van der Waals surface area contributed by atoms with Crippen molar-refractivity contribution >= 4 is 16.4 Å². The molecule has 0 aromatic carbocycles. The van der Waals surface area contributed by atoms with Crippen LogP contribution in [-0.2, 0) is 38.3 Å². The van der Waals surface area contributed by atoms with Crippen LogP contribution in [0.4, 0.5) is 0 Å². The molecule has 6 atom stereocenters. The third kappa shape index (κ3) is 35.7. The number of ether oxygens (including phenoxy) is 4. The SMILES string of the molecule is CC/C=C\C/C=C\C/C=C\C/C=C\C/C=C\C/C=C\C/C=C\CCCCOCC(COC1OC(CO)C(O)C(OS(=O)(=O)O)C1O)OC(=O)CCCCCCC/C=C\C/C=C\C/C=C\CC. The van der Waals surface area contributed by atoms with Gasteiger partial charge in [-0.2, -0.15) is 8.42 Å². The van der Waals surface area contributed by atoms with Crippen LogP contribution in [0.25, 0.3) is 0 Å². The van der Waals surface area contributed by atoms with Crippen LogP contribution in [0.5, 0.6) is 0 Å². The predicted octanol–water partition coefficient (Wildman–Crippen LogP) is 11.0. The zero-order chi connectivity index (χ0) is 48.2. The minimum absolute atomic E-state index is 0.0106. The molecule has 12 nitrogen and oxygen atoms in total. The van der Waals surface area contributed by atoms with Crippen molar-refractivity contribution in [2.45, 2.75) is 179 Å². The number of hydrogen-bond donors (Lipinski definition) is 4. The summed E-state index contributed by atoms with van der Waals surface area (Å²) in [5.41, 5.74) is 0. The molecular weight excluding hydrogens is 861 g/mol. The quantitative estimate of drug-likeness (QED) is 0.0198. The normalized spacial score (nSPS) is 20.6. The number of carbonyl (C=O) groups is 1. The zero-order valence-electron chi connectivity index (χ0n) is 39.9. The van der Waals surface area contributed by atoms with Gasteiger partial charge in [-0.05, 0) is 103 Å². The van der Waals surface area contributed by atoms with Gasteiger partial charge in [-0.1, -0.05) is 155 Å². The number of rotatable bonds is 40. The van der Waals surface area contributed by atoms with Crippen molar-refractivity contribution in [3.05, 3.63) is 122 Å². The topological polar surface area (TPSA) is 178 Å². The van der Waals surface area contributed by atoms with Crippen LogP contribution in [0, 0.1) is 0 Å². The van der Waals surface area contributed by atoms with Gasteiger partial charge in [0.05, 0.1) is 19.8 Å². The van der Waals surface area contributed by atoms with Gasteiger partial charge in [-0.3, -0.25) is 9.35 Å². The first-order chi connectivity index (χ1) is 32.1. The molecule has 0 amide bonds. The summed E-state index contributed by atoms with van der Waals surface area (Å²) < 4.78 is 59.1. The number of allylic oxidation sites excluding steroid dienone is 20. The minimum atomic E-state index is -5.08. The highest BCUT2D eigenvalue weighted by molar-refractivity contribution is 7.80. The molecule has 6 unspecified atom stereocenters. The lowest BCUT2D eigenvalue weighted by molar-refractivity contribution is -0.301. The first-order valence-electron chi connectivity index (χ1n) is 24.3. The van der Waals surface area contributed by atoms with Crippen molar-refractivity contribution in [3.63, 3.8) is 0 Å². The van der Waals surface area contributed by atoms with E-state index in [4.69, 9.17) is 18.9 Å². The summed E-state index contributed by atoms with van der Waals surface area (Å²) in [7, 11) is -5.08. The molecule has 0 saturated carbocycles. The van der Waals surface area contributed by atoms with Crippen LogP contribution in [0.2, 0.25) is 0 Å². The Bertz CT molecular complexity index is 1610. The second-order valence-electron chi connectivity index (χ2n) is 15.9. The number of esters is 1. The zero-order valence-corrected chi connectivity index (χ0v) is 40.8. The van der Waals surface area contributed by atoms with Gasteiger partial charge in [-0.15, -0.1) is 0 Å². The summed E-state index contributed by atoms with van der Waals surface area (Å²) in [5, 5.41) is 30.7. The van der Waals surface area contributed by atoms with E-state index in [1.165, 1.54) is 0 Å². The molecule has 4 N–H and O–H groups in total. The Kier molecular flexibility index (Phi) is 39.3. The van der Waals surface area contributed by atoms with Crippen LogP contribution in [0.3, 0.4) is 0 Å². The molecule has 1 aliphatic rings. The number of unbranched alkanes of at least 4 members (excludes halogenated alkanes) is 7. The number of aliphatic hydroxyl groups excluding tert-OH is 3. The molecule has 0 radical (unpaired) electrons. The Labute approximate surface area is 398 Å². The van der Waals surface area contributed by atoms with Crippen LogP contribution in [-0.4, -0.2) is 97.5 Å². The maximum atomic E-state index is 12.9. The van der Waals surface area contributed by atoms with E-state index in [-0.39, 0.29) is 19.6 Å². The van der Waals surface area contributed by atoms with Gasteiger partial charge in [0.15, 0.2) is 6.29 Å². The second-order valence-corrected chi connectivity index (χ2v) is 17.0. The van der Waals surface area contributed by atoms with Gasteiger partial charge >= 0.3 is 16.4 Å². The van der Waals surface area contributed by atoms with E-state index >= 15 is 0 Å². The van der Waals surface area contributed by atoms with Crippen molar-refractivity contribution in [3.8, 4) is 0 Å². The van der Waals surface area contributed by atoms with Gasteiger partial charge in [0.25, 0.3) is 0 Å². The average Bonchev–Trinajstić information content (AvgIpc) is 3.29. The minimum Gasteiger partial charge on any atom is -0.457 e.